The first-order valence-corrected chi connectivity index (χ1v) is 9.41. The van der Waals surface area contributed by atoms with Crippen LogP contribution in [0.1, 0.15) is 30.9 Å². The van der Waals surface area contributed by atoms with Gasteiger partial charge in [0.2, 0.25) is 10.0 Å². The highest BCUT2D eigenvalue weighted by Crippen LogP contribution is 2.28. The van der Waals surface area contributed by atoms with Gasteiger partial charge in [-0.2, -0.15) is 4.31 Å². The Kier molecular flexibility index (Phi) is 4.52. The number of sulfonamides is 1. The first-order chi connectivity index (χ1) is 10.5. The fourth-order valence-corrected chi connectivity index (χ4v) is 5.44. The predicted molar refractivity (Wildman–Crippen MR) is 82.4 cm³/mol. The second-order valence-corrected chi connectivity index (χ2v) is 8.31. The lowest BCUT2D eigenvalue weighted by atomic mass is 9.97. The van der Waals surface area contributed by atoms with E-state index < -0.39 is 10.0 Å². The fourth-order valence-electron chi connectivity index (χ4n) is 3.36. The summed E-state index contributed by atoms with van der Waals surface area (Å²) in [6.07, 6.45) is 2.24. The van der Waals surface area contributed by atoms with Crippen LogP contribution in [0.25, 0.3) is 0 Å². The molecule has 0 unspecified atom stereocenters. The Morgan fingerprint density at radius 1 is 1.27 bits per heavy atom. The Labute approximate surface area is 131 Å². The Balaban J connectivity index is 1.78. The van der Waals surface area contributed by atoms with Crippen LogP contribution < -0.4 is 0 Å². The van der Waals surface area contributed by atoms with Crippen molar-refractivity contribution in [1.82, 2.24) is 4.31 Å². The first-order valence-electron chi connectivity index (χ1n) is 7.80. The zero-order valence-electron chi connectivity index (χ0n) is 12.8. The van der Waals surface area contributed by atoms with Gasteiger partial charge in [-0.1, -0.05) is 6.07 Å². The van der Waals surface area contributed by atoms with Gasteiger partial charge in [0.05, 0.1) is 5.75 Å². The summed E-state index contributed by atoms with van der Waals surface area (Å²) in [4.78, 5) is 0. The average molecular weight is 327 g/mol. The molecule has 1 aromatic rings. The van der Waals surface area contributed by atoms with Crippen molar-refractivity contribution in [2.45, 2.75) is 38.8 Å². The molecular weight excluding hydrogens is 305 g/mol. The van der Waals surface area contributed by atoms with Crippen LogP contribution in [-0.2, 0) is 27.7 Å². The van der Waals surface area contributed by atoms with Crippen LogP contribution in [0.2, 0.25) is 0 Å². The van der Waals surface area contributed by atoms with E-state index >= 15 is 0 Å². The zero-order valence-corrected chi connectivity index (χ0v) is 13.6. The maximum absolute atomic E-state index is 13.4. The van der Waals surface area contributed by atoms with Gasteiger partial charge >= 0.3 is 0 Å². The molecule has 1 atom stereocenters. The average Bonchev–Trinajstić information content (AvgIpc) is 2.47. The van der Waals surface area contributed by atoms with Crippen LogP contribution in [0.15, 0.2) is 18.2 Å². The topological polar surface area (TPSA) is 46.6 Å². The van der Waals surface area contributed by atoms with Crippen molar-refractivity contribution in [2.24, 2.45) is 5.92 Å². The second kappa shape index (κ2) is 6.26. The van der Waals surface area contributed by atoms with Gasteiger partial charge in [-0.15, -0.1) is 0 Å². The lowest BCUT2D eigenvalue weighted by Crippen LogP contribution is -2.45. The minimum atomic E-state index is -3.33. The Morgan fingerprint density at radius 2 is 2.00 bits per heavy atom. The van der Waals surface area contributed by atoms with Crippen LogP contribution in [0.3, 0.4) is 0 Å². The molecule has 2 heterocycles. The standard InChI is InChI=1S/C16H22FNO3S/c1-12-8-14-2-3-16(17)9-15(14)10-18(12)22(19,20)11-13-4-6-21-7-5-13/h2-3,9,12-13H,4-8,10-11H2,1H3/t12-/m1/s1. The number of ether oxygens (including phenoxy) is 1. The Bertz CT molecular complexity index is 641. The molecule has 6 heteroatoms. The van der Waals surface area contributed by atoms with E-state index in [1.165, 1.54) is 12.1 Å². The molecule has 1 saturated heterocycles. The maximum atomic E-state index is 13.4. The van der Waals surface area contributed by atoms with E-state index in [1.54, 1.807) is 10.4 Å². The molecule has 2 aliphatic heterocycles. The molecule has 0 N–H and O–H groups in total. The second-order valence-electron chi connectivity index (χ2n) is 6.35. The third-order valence-electron chi connectivity index (χ3n) is 4.65. The van der Waals surface area contributed by atoms with E-state index in [4.69, 9.17) is 4.74 Å². The fraction of sp³-hybridized carbons (Fsp3) is 0.625. The molecule has 0 bridgehead atoms. The smallest absolute Gasteiger partial charge is 0.214 e. The lowest BCUT2D eigenvalue weighted by Gasteiger charge is -2.35. The molecule has 0 spiro atoms. The molecule has 0 aromatic heterocycles. The van der Waals surface area contributed by atoms with Gasteiger partial charge in [-0.3, -0.25) is 0 Å². The molecule has 0 radical (unpaired) electrons. The number of benzene rings is 1. The molecular formula is C16H22FNO3S. The van der Waals surface area contributed by atoms with Gasteiger partial charge in [0.1, 0.15) is 5.82 Å². The number of nitrogens with zero attached hydrogens (tertiary/aromatic N) is 1. The van der Waals surface area contributed by atoms with E-state index in [0.717, 1.165) is 24.0 Å². The van der Waals surface area contributed by atoms with Gasteiger partial charge in [0, 0.05) is 25.8 Å². The highest BCUT2D eigenvalue weighted by molar-refractivity contribution is 7.89. The third-order valence-corrected chi connectivity index (χ3v) is 6.74. The lowest BCUT2D eigenvalue weighted by molar-refractivity contribution is 0.0719. The molecule has 1 fully saturated rings. The Morgan fingerprint density at radius 3 is 2.73 bits per heavy atom. The van der Waals surface area contributed by atoms with E-state index in [9.17, 15) is 12.8 Å². The monoisotopic (exact) mass is 327 g/mol. The normalized spacial score (nSPS) is 24.2. The number of hydrogen-bond donors (Lipinski definition) is 0. The van der Waals surface area contributed by atoms with E-state index in [0.29, 0.717) is 19.6 Å². The molecule has 22 heavy (non-hydrogen) atoms. The Hall–Kier alpha value is -0.980. The molecule has 2 aliphatic rings. The quantitative estimate of drug-likeness (QED) is 0.856. The van der Waals surface area contributed by atoms with E-state index in [-0.39, 0.29) is 30.1 Å². The van der Waals surface area contributed by atoms with Gasteiger partial charge in [0.25, 0.3) is 0 Å². The van der Waals surface area contributed by atoms with Gasteiger partial charge in [-0.05, 0) is 55.4 Å². The summed E-state index contributed by atoms with van der Waals surface area (Å²) >= 11 is 0. The molecule has 0 amide bonds. The summed E-state index contributed by atoms with van der Waals surface area (Å²) in [5, 5.41) is 0. The van der Waals surface area contributed by atoms with Crippen LogP contribution >= 0.6 is 0 Å². The van der Waals surface area contributed by atoms with Crippen molar-refractivity contribution < 1.29 is 17.5 Å². The van der Waals surface area contributed by atoms with Crippen LogP contribution in [0, 0.1) is 11.7 Å². The van der Waals surface area contributed by atoms with Gasteiger partial charge in [0.15, 0.2) is 0 Å². The minimum absolute atomic E-state index is 0.0807. The van der Waals surface area contributed by atoms with Crippen molar-refractivity contribution in [3.63, 3.8) is 0 Å². The molecule has 4 nitrogen and oxygen atoms in total. The number of fused-ring (bicyclic) bond motifs is 1. The van der Waals surface area contributed by atoms with E-state index in [2.05, 4.69) is 0 Å². The summed E-state index contributed by atoms with van der Waals surface area (Å²) in [6.45, 7) is 3.49. The van der Waals surface area contributed by atoms with Crippen molar-refractivity contribution in [3.05, 3.63) is 35.1 Å². The van der Waals surface area contributed by atoms with Gasteiger partial charge in [-0.25, -0.2) is 12.8 Å². The molecule has 122 valence electrons. The van der Waals surface area contributed by atoms with Crippen LogP contribution in [0.5, 0.6) is 0 Å². The third kappa shape index (κ3) is 3.34. The SMILES string of the molecule is C[C@@H]1Cc2ccc(F)cc2CN1S(=O)(=O)CC1CCOCC1. The first kappa shape index (κ1) is 15.9. The molecule has 0 saturated carbocycles. The summed E-state index contributed by atoms with van der Waals surface area (Å²) in [5.74, 6) is 0.0284. The van der Waals surface area contributed by atoms with Crippen molar-refractivity contribution in [2.75, 3.05) is 19.0 Å². The van der Waals surface area contributed by atoms with Gasteiger partial charge < -0.3 is 4.74 Å². The summed E-state index contributed by atoms with van der Waals surface area (Å²) < 4.78 is 45.7. The van der Waals surface area contributed by atoms with E-state index in [1.807, 2.05) is 6.92 Å². The van der Waals surface area contributed by atoms with Crippen molar-refractivity contribution >= 4 is 10.0 Å². The summed E-state index contributed by atoms with van der Waals surface area (Å²) in [5.41, 5.74) is 1.83. The number of hydrogen-bond acceptors (Lipinski definition) is 3. The highest BCUT2D eigenvalue weighted by Gasteiger charge is 2.34. The summed E-state index contributed by atoms with van der Waals surface area (Å²) in [7, 11) is -3.33. The number of halogens is 1. The van der Waals surface area contributed by atoms with Crippen molar-refractivity contribution in [1.29, 1.82) is 0 Å². The zero-order chi connectivity index (χ0) is 15.7. The highest BCUT2D eigenvalue weighted by atomic mass is 32.2. The van der Waals surface area contributed by atoms with Crippen LogP contribution in [-0.4, -0.2) is 37.7 Å². The largest absolute Gasteiger partial charge is 0.381 e. The maximum Gasteiger partial charge on any atom is 0.214 e. The number of rotatable bonds is 3. The van der Waals surface area contributed by atoms with Crippen molar-refractivity contribution in [3.8, 4) is 0 Å². The molecule has 1 aromatic carbocycles. The molecule has 0 aliphatic carbocycles. The summed E-state index contributed by atoms with van der Waals surface area (Å²) in [6, 6.07) is 4.59. The predicted octanol–water partition coefficient (Wildman–Crippen LogP) is 2.33. The molecule has 3 rings (SSSR count). The minimum Gasteiger partial charge on any atom is -0.381 e. The van der Waals surface area contributed by atoms with Crippen LogP contribution in [0.4, 0.5) is 4.39 Å².